The summed E-state index contributed by atoms with van der Waals surface area (Å²) in [5.41, 5.74) is 0.0214. The van der Waals surface area contributed by atoms with Gasteiger partial charge in [-0.2, -0.15) is 0 Å². The van der Waals surface area contributed by atoms with Gasteiger partial charge >= 0.3 is 5.69 Å². The van der Waals surface area contributed by atoms with Crippen LogP contribution >= 0.6 is 15.9 Å². The number of morpholine rings is 1. The Morgan fingerprint density at radius 2 is 2.47 bits per heavy atom. The van der Waals surface area contributed by atoms with E-state index in [1.807, 2.05) is 11.8 Å². The second-order valence-electron chi connectivity index (χ2n) is 3.87. The summed E-state index contributed by atoms with van der Waals surface area (Å²) in [6.07, 6.45) is 1.57. The summed E-state index contributed by atoms with van der Waals surface area (Å²) in [4.78, 5) is 16.7. The molecule has 1 aliphatic heterocycles. The molecule has 2 rings (SSSR count). The van der Waals surface area contributed by atoms with Crippen molar-refractivity contribution in [1.82, 2.24) is 4.98 Å². The summed E-state index contributed by atoms with van der Waals surface area (Å²) in [6, 6.07) is 1.57. The Morgan fingerprint density at radius 3 is 3.12 bits per heavy atom. The highest BCUT2D eigenvalue weighted by Crippen LogP contribution is 2.30. The Labute approximate surface area is 107 Å². The van der Waals surface area contributed by atoms with Crippen LogP contribution in [0.2, 0.25) is 0 Å². The Morgan fingerprint density at radius 1 is 1.71 bits per heavy atom. The molecule has 6 nitrogen and oxygen atoms in total. The van der Waals surface area contributed by atoms with E-state index in [4.69, 9.17) is 4.74 Å². The van der Waals surface area contributed by atoms with Crippen LogP contribution in [0.15, 0.2) is 16.7 Å². The van der Waals surface area contributed by atoms with Crippen molar-refractivity contribution in [2.45, 2.75) is 13.0 Å². The van der Waals surface area contributed by atoms with Gasteiger partial charge in [-0.1, -0.05) is 0 Å². The van der Waals surface area contributed by atoms with Crippen LogP contribution in [0, 0.1) is 10.1 Å². The van der Waals surface area contributed by atoms with Gasteiger partial charge in [0.1, 0.15) is 0 Å². The van der Waals surface area contributed by atoms with E-state index in [2.05, 4.69) is 20.9 Å². The quantitative estimate of drug-likeness (QED) is 0.617. The molecule has 0 radical (unpaired) electrons. The first-order chi connectivity index (χ1) is 8.09. The zero-order valence-corrected chi connectivity index (χ0v) is 10.9. The number of hydrogen-bond donors (Lipinski definition) is 0. The van der Waals surface area contributed by atoms with Gasteiger partial charge in [-0.25, -0.2) is 4.98 Å². The first-order valence-corrected chi connectivity index (χ1v) is 6.03. The van der Waals surface area contributed by atoms with E-state index in [9.17, 15) is 10.1 Å². The van der Waals surface area contributed by atoms with Gasteiger partial charge in [-0.05, 0) is 22.9 Å². The average Bonchev–Trinajstić information content (AvgIpc) is 2.30. The minimum absolute atomic E-state index is 0.0214. The Kier molecular flexibility index (Phi) is 3.58. The molecular formula is C10H12BrN3O3. The zero-order valence-electron chi connectivity index (χ0n) is 9.30. The van der Waals surface area contributed by atoms with Gasteiger partial charge in [-0.3, -0.25) is 10.1 Å². The van der Waals surface area contributed by atoms with Crippen LogP contribution in [0.4, 0.5) is 11.5 Å². The van der Waals surface area contributed by atoms with Crippen molar-refractivity contribution in [3.8, 4) is 0 Å². The number of pyridine rings is 1. The highest BCUT2D eigenvalue weighted by molar-refractivity contribution is 9.10. The SMILES string of the molecule is CC1COCCN1c1ncc(Br)cc1[N+](=O)[O-]. The molecule has 1 saturated heterocycles. The number of hydrogen-bond acceptors (Lipinski definition) is 5. The summed E-state index contributed by atoms with van der Waals surface area (Å²) in [7, 11) is 0. The number of ether oxygens (including phenoxy) is 1. The van der Waals surface area contributed by atoms with Gasteiger partial charge in [-0.15, -0.1) is 0 Å². The van der Waals surface area contributed by atoms with Crippen molar-refractivity contribution in [2.75, 3.05) is 24.7 Å². The van der Waals surface area contributed by atoms with Crippen LogP contribution in [0.1, 0.15) is 6.92 Å². The Balaban J connectivity index is 2.39. The van der Waals surface area contributed by atoms with E-state index in [-0.39, 0.29) is 11.7 Å². The van der Waals surface area contributed by atoms with Crippen LogP contribution < -0.4 is 4.90 Å². The Bertz CT molecular complexity index is 441. The molecule has 1 fully saturated rings. The lowest BCUT2D eigenvalue weighted by atomic mass is 10.2. The molecule has 0 bridgehead atoms. The predicted molar refractivity (Wildman–Crippen MR) is 66.2 cm³/mol. The van der Waals surface area contributed by atoms with Gasteiger partial charge < -0.3 is 9.64 Å². The Hall–Kier alpha value is -1.21. The number of nitrogens with zero attached hydrogens (tertiary/aromatic N) is 3. The van der Waals surface area contributed by atoms with Crippen LogP contribution in [-0.2, 0) is 4.74 Å². The van der Waals surface area contributed by atoms with E-state index in [1.165, 1.54) is 6.07 Å². The predicted octanol–water partition coefficient (Wildman–Crippen LogP) is 1.98. The van der Waals surface area contributed by atoms with Gasteiger partial charge in [0.2, 0.25) is 5.82 Å². The normalized spacial score (nSPS) is 20.4. The maximum atomic E-state index is 11.0. The summed E-state index contributed by atoms with van der Waals surface area (Å²) < 4.78 is 5.91. The molecule has 2 heterocycles. The summed E-state index contributed by atoms with van der Waals surface area (Å²) >= 11 is 3.19. The van der Waals surface area contributed by atoms with Crippen molar-refractivity contribution in [3.63, 3.8) is 0 Å². The lowest BCUT2D eigenvalue weighted by Crippen LogP contribution is -2.44. The summed E-state index contributed by atoms with van der Waals surface area (Å²) in [6.45, 7) is 3.72. The minimum Gasteiger partial charge on any atom is -0.377 e. The molecule has 1 aromatic heterocycles. The van der Waals surface area contributed by atoms with Crippen molar-refractivity contribution >= 4 is 27.4 Å². The molecule has 7 heteroatoms. The third-order valence-corrected chi connectivity index (χ3v) is 3.08. The van der Waals surface area contributed by atoms with E-state index in [1.54, 1.807) is 6.20 Å². The lowest BCUT2D eigenvalue weighted by molar-refractivity contribution is -0.384. The fourth-order valence-electron chi connectivity index (χ4n) is 1.82. The molecule has 0 saturated carbocycles. The van der Waals surface area contributed by atoms with Gasteiger partial charge in [0.15, 0.2) is 0 Å². The number of halogens is 1. The molecule has 0 aromatic carbocycles. The van der Waals surface area contributed by atoms with Gasteiger partial charge in [0, 0.05) is 23.3 Å². The van der Waals surface area contributed by atoms with E-state index >= 15 is 0 Å². The fraction of sp³-hybridized carbons (Fsp3) is 0.500. The monoisotopic (exact) mass is 301 g/mol. The second-order valence-corrected chi connectivity index (χ2v) is 4.79. The van der Waals surface area contributed by atoms with Gasteiger partial charge in [0.05, 0.1) is 24.2 Å². The molecule has 1 aromatic rings. The average molecular weight is 302 g/mol. The summed E-state index contributed by atoms with van der Waals surface area (Å²) in [5, 5.41) is 11.0. The zero-order chi connectivity index (χ0) is 12.4. The van der Waals surface area contributed by atoms with Crippen molar-refractivity contribution < 1.29 is 9.66 Å². The lowest BCUT2D eigenvalue weighted by Gasteiger charge is -2.33. The van der Waals surface area contributed by atoms with Crippen LogP contribution in [0.5, 0.6) is 0 Å². The molecule has 0 spiro atoms. The minimum atomic E-state index is -0.407. The van der Waals surface area contributed by atoms with Crippen LogP contribution in [0.3, 0.4) is 0 Å². The van der Waals surface area contributed by atoms with Crippen molar-refractivity contribution in [3.05, 3.63) is 26.9 Å². The third kappa shape index (κ3) is 2.55. The van der Waals surface area contributed by atoms with Crippen LogP contribution in [0.25, 0.3) is 0 Å². The molecule has 1 unspecified atom stereocenters. The van der Waals surface area contributed by atoms with Gasteiger partial charge in [0.25, 0.3) is 0 Å². The molecule has 92 valence electrons. The molecular weight excluding hydrogens is 290 g/mol. The van der Waals surface area contributed by atoms with Crippen molar-refractivity contribution in [1.29, 1.82) is 0 Å². The highest BCUT2D eigenvalue weighted by atomic mass is 79.9. The largest absolute Gasteiger partial charge is 0.377 e. The molecule has 1 atom stereocenters. The number of nitro groups is 1. The first-order valence-electron chi connectivity index (χ1n) is 5.24. The number of rotatable bonds is 2. The van der Waals surface area contributed by atoms with Crippen LogP contribution in [-0.4, -0.2) is 35.7 Å². The van der Waals surface area contributed by atoms with E-state index < -0.39 is 4.92 Å². The van der Waals surface area contributed by atoms with Crippen molar-refractivity contribution in [2.24, 2.45) is 0 Å². The second kappa shape index (κ2) is 4.97. The number of anilines is 1. The standard InChI is InChI=1S/C10H12BrN3O3/c1-7-6-17-3-2-13(7)10-9(14(15)16)4-8(11)5-12-10/h4-5,7H,2-3,6H2,1H3. The highest BCUT2D eigenvalue weighted by Gasteiger charge is 2.27. The topological polar surface area (TPSA) is 68.5 Å². The maximum absolute atomic E-state index is 11.0. The first kappa shape index (κ1) is 12.3. The molecule has 17 heavy (non-hydrogen) atoms. The third-order valence-electron chi connectivity index (χ3n) is 2.65. The number of aromatic nitrogens is 1. The fourth-order valence-corrected chi connectivity index (χ4v) is 2.14. The molecule has 0 aliphatic carbocycles. The van der Waals surface area contributed by atoms with E-state index in [0.29, 0.717) is 30.0 Å². The molecule has 0 amide bonds. The smallest absolute Gasteiger partial charge is 0.312 e. The van der Waals surface area contributed by atoms with E-state index in [0.717, 1.165) is 0 Å². The molecule has 1 aliphatic rings. The molecule has 0 N–H and O–H groups in total. The summed E-state index contributed by atoms with van der Waals surface area (Å²) in [5.74, 6) is 0.411. The maximum Gasteiger partial charge on any atom is 0.312 e.